The molecule has 0 radical (unpaired) electrons. The number of para-hydroxylation sites is 2. The molecule has 0 heterocycles. The van der Waals surface area contributed by atoms with Crippen molar-refractivity contribution in [3.8, 4) is 5.75 Å². The number of nitro benzene ring substituents is 1. The maximum absolute atomic E-state index is 12.1. The molecule has 1 atom stereocenters. The molecule has 0 spiro atoms. The summed E-state index contributed by atoms with van der Waals surface area (Å²) in [7, 11) is 1.57. The largest absolute Gasteiger partial charge is 0.496 e. The van der Waals surface area contributed by atoms with Gasteiger partial charge in [0, 0.05) is 17.7 Å². The number of nitrogens with zero attached hydrogens (tertiary/aromatic N) is 1. The average molecular weight is 326 g/mol. The molecule has 6 heteroatoms. The number of benzene rings is 2. The molecular weight excluding hydrogens is 308 g/mol. The van der Waals surface area contributed by atoms with Crippen LogP contribution < -0.4 is 10.1 Å². The van der Waals surface area contributed by atoms with Crippen LogP contribution in [-0.2, 0) is 4.79 Å². The number of carbonyl (C=O) groups excluding carboxylic acids is 1. The van der Waals surface area contributed by atoms with Gasteiger partial charge in [-0.05, 0) is 25.1 Å². The Bertz CT molecular complexity index is 771. The van der Waals surface area contributed by atoms with Gasteiger partial charge in [-0.3, -0.25) is 14.9 Å². The molecule has 0 aliphatic rings. The van der Waals surface area contributed by atoms with Gasteiger partial charge in [0.2, 0.25) is 5.91 Å². The zero-order valence-electron chi connectivity index (χ0n) is 13.4. The topological polar surface area (TPSA) is 81.5 Å². The maximum Gasteiger partial charge on any atom is 0.276 e. The predicted molar refractivity (Wildman–Crippen MR) is 91.7 cm³/mol. The molecule has 1 unspecified atom stereocenters. The molecule has 24 heavy (non-hydrogen) atoms. The molecule has 0 aromatic heterocycles. The van der Waals surface area contributed by atoms with Crippen molar-refractivity contribution in [3.63, 3.8) is 0 Å². The Kier molecular flexibility index (Phi) is 5.68. The number of methoxy groups -OCH3 is 1. The Balaban J connectivity index is 2.09. The van der Waals surface area contributed by atoms with Crippen LogP contribution in [0.5, 0.6) is 5.75 Å². The fourth-order valence-corrected chi connectivity index (χ4v) is 2.32. The predicted octanol–water partition coefficient (Wildman–Crippen LogP) is 3.49. The van der Waals surface area contributed by atoms with E-state index >= 15 is 0 Å². The van der Waals surface area contributed by atoms with Gasteiger partial charge in [0.05, 0.1) is 23.6 Å². The lowest BCUT2D eigenvalue weighted by Crippen LogP contribution is -2.24. The number of amides is 1. The van der Waals surface area contributed by atoms with Gasteiger partial charge in [0.25, 0.3) is 5.69 Å². The van der Waals surface area contributed by atoms with E-state index in [0.717, 1.165) is 5.56 Å². The average Bonchev–Trinajstić information content (AvgIpc) is 2.60. The van der Waals surface area contributed by atoms with Crippen LogP contribution in [0.25, 0.3) is 6.08 Å². The van der Waals surface area contributed by atoms with Crippen LogP contribution in [0.3, 0.4) is 0 Å². The third-order valence-corrected chi connectivity index (χ3v) is 3.51. The molecule has 6 nitrogen and oxygen atoms in total. The van der Waals surface area contributed by atoms with Crippen molar-refractivity contribution in [1.82, 2.24) is 5.32 Å². The number of hydrogen-bond acceptors (Lipinski definition) is 4. The second kappa shape index (κ2) is 7.92. The molecule has 124 valence electrons. The van der Waals surface area contributed by atoms with Gasteiger partial charge in [0.15, 0.2) is 0 Å². The van der Waals surface area contributed by atoms with E-state index in [-0.39, 0.29) is 17.6 Å². The first kappa shape index (κ1) is 17.2. The van der Waals surface area contributed by atoms with E-state index in [4.69, 9.17) is 4.74 Å². The number of ether oxygens (including phenoxy) is 1. The summed E-state index contributed by atoms with van der Waals surface area (Å²) < 4.78 is 5.28. The maximum atomic E-state index is 12.1. The highest BCUT2D eigenvalue weighted by Gasteiger charge is 2.13. The van der Waals surface area contributed by atoms with Crippen molar-refractivity contribution < 1.29 is 14.5 Å². The summed E-state index contributed by atoms with van der Waals surface area (Å²) in [6.07, 6.45) is 2.72. The second-order valence-electron chi connectivity index (χ2n) is 5.12. The Labute approximate surface area is 139 Å². The van der Waals surface area contributed by atoms with Crippen LogP contribution in [0.1, 0.15) is 24.1 Å². The van der Waals surface area contributed by atoms with Crippen LogP contribution in [0, 0.1) is 10.1 Å². The van der Waals surface area contributed by atoms with Gasteiger partial charge >= 0.3 is 0 Å². The highest BCUT2D eigenvalue weighted by atomic mass is 16.6. The lowest BCUT2D eigenvalue weighted by atomic mass is 10.1. The zero-order valence-corrected chi connectivity index (χ0v) is 13.4. The zero-order chi connectivity index (χ0) is 17.5. The van der Waals surface area contributed by atoms with Crippen molar-refractivity contribution in [2.24, 2.45) is 0 Å². The minimum Gasteiger partial charge on any atom is -0.496 e. The standard InChI is InChI=1S/C18H18N2O4/c1-13(15-8-4-6-10-17(15)24-2)19-18(21)12-11-14-7-3-5-9-16(14)20(22)23/h3-13H,1-2H3,(H,19,21)/b12-11+. The van der Waals surface area contributed by atoms with E-state index in [1.165, 1.54) is 18.2 Å². The first-order valence-electron chi connectivity index (χ1n) is 7.38. The van der Waals surface area contributed by atoms with Crippen LogP contribution in [0.2, 0.25) is 0 Å². The minimum atomic E-state index is -0.477. The first-order valence-corrected chi connectivity index (χ1v) is 7.38. The van der Waals surface area contributed by atoms with E-state index < -0.39 is 4.92 Å². The fraction of sp³-hybridized carbons (Fsp3) is 0.167. The number of hydrogen-bond donors (Lipinski definition) is 1. The van der Waals surface area contributed by atoms with Crippen molar-refractivity contribution in [2.45, 2.75) is 13.0 Å². The normalized spacial score (nSPS) is 11.9. The van der Waals surface area contributed by atoms with E-state index in [0.29, 0.717) is 11.3 Å². The Morgan fingerprint density at radius 3 is 2.58 bits per heavy atom. The molecule has 1 amide bonds. The second-order valence-corrected chi connectivity index (χ2v) is 5.12. The van der Waals surface area contributed by atoms with Gasteiger partial charge in [-0.25, -0.2) is 0 Å². The summed E-state index contributed by atoms with van der Waals surface area (Å²) in [4.78, 5) is 22.6. The molecule has 0 fully saturated rings. The summed E-state index contributed by atoms with van der Waals surface area (Å²) in [5.74, 6) is 0.347. The number of nitro groups is 1. The highest BCUT2D eigenvalue weighted by Crippen LogP contribution is 2.24. The lowest BCUT2D eigenvalue weighted by molar-refractivity contribution is -0.385. The summed E-state index contributed by atoms with van der Waals surface area (Å²) in [5.41, 5.74) is 1.19. The smallest absolute Gasteiger partial charge is 0.276 e. The summed E-state index contributed by atoms with van der Waals surface area (Å²) in [6.45, 7) is 1.84. The van der Waals surface area contributed by atoms with Crippen LogP contribution in [-0.4, -0.2) is 17.9 Å². The van der Waals surface area contributed by atoms with Crippen molar-refractivity contribution in [1.29, 1.82) is 0 Å². The van der Waals surface area contributed by atoms with Crippen LogP contribution in [0.15, 0.2) is 54.6 Å². The lowest BCUT2D eigenvalue weighted by Gasteiger charge is -2.16. The molecule has 2 aromatic rings. The third-order valence-electron chi connectivity index (χ3n) is 3.51. The van der Waals surface area contributed by atoms with Crippen molar-refractivity contribution in [2.75, 3.05) is 7.11 Å². The molecule has 2 rings (SSSR count). The monoisotopic (exact) mass is 326 g/mol. The highest BCUT2D eigenvalue weighted by molar-refractivity contribution is 5.92. The van der Waals surface area contributed by atoms with E-state index in [2.05, 4.69) is 5.32 Å². The fourth-order valence-electron chi connectivity index (χ4n) is 2.32. The number of carbonyl (C=O) groups is 1. The van der Waals surface area contributed by atoms with Crippen molar-refractivity contribution >= 4 is 17.7 Å². The van der Waals surface area contributed by atoms with Crippen LogP contribution >= 0.6 is 0 Å². The molecule has 0 aliphatic carbocycles. The first-order chi connectivity index (χ1) is 11.5. The Morgan fingerprint density at radius 2 is 1.88 bits per heavy atom. The Hall–Kier alpha value is -3.15. The molecule has 0 aliphatic heterocycles. The van der Waals surface area contributed by atoms with E-state index in [1.807, 2.05) is 31.2 Å². The number of nitrogens with one attached hydrogen (secondary N) is 1. The summed E-state index contributed by atoms with van der Waals surface area (Å²) >= 11 is 0. The van der Waals surface area contributed by atoms with Crippen molar-refractivity contribution in [3.05, 3.63) is 75.8 Å². The summed E-state index contributed by atoms with van der Waals surface area (Å²) in [5, 5.41) is 13.8. The third kappa shape index (κ3) is 4.19. The minimum absolute atomic E-state index is 0.0423. The van der Waals surface area contributed by atoms with Crippen LogP contribution in [0.4, 0.5) is 5.69 Å². The SMILES string of the molecule is COc1ccccc1C(C)NC(=O)/C=C/c1ccccc1[N+](=O)[O-]. The molecule has 0 bridgehead atoms. The van der Waals surface area contributed by atoms with Gasteiger partial charge in [-0.15, -0.1) is 0 Å². The number of rotatable bonds is 6. The Morgan fingerprint density at radius 1 is 1.21 bits per heavy atom. The molecule has 0 saturated heterocycles. The summed E-state index contributed by atoms with van der Waals surface area (Å²) in [6, 6.07) is 13.4. The molecule has 2 aromatic carbocycles. The van der Waals surface area contributed by atoms with Gasteiger partial charge in [0.1, 0.15) is 5.75 Å². The van der Waals surface area contributed by atoms with Gasteiger partial charge in [-0.1, -0.05) is 30.3 Å². The van der Waals surface area contributed by atoms with E-state index in [9.17, 15) is 14.9 Å². The molecule has 0 saturated carbocycles. The molecule has 1 N–H and O–H groups in total. The molecular formula is C18H18N2O4. The quantitative estimate of drug-likeness (QED) is 0.500. The van der Waals surface area contributed by atoms with Gasteiger partial charge < -0.3 is 10.1 Å². The van der Waals surface area contributed by atoms with Gasteiger partial charge in [-0.2, -0.15) is 0 Å². The van der Waals surface area contributed by atoms with E-state index in [1.54, 1.807) is 25.3 Å².